The van der Waals surface area contributed by atoms with Gasteiger partial charge in [0.05, 0.1) is 11.4 Å². The normalized spacial score (nSPS) is 18.8. The average Bonchev–Trinajstić information content (AvgIpc) is 2.27. The smallest absolute Gasteiger partial charge is 0.265 e. The molecule has 0 bridgehead atoms. The summed E-state index contributed by atoms with van der Waals surface area (Å²) in [7, 11) is 1.64. The predicted octanol–water partition coefficient (Wildman–Crippen LogP) is 1.52. The standard InChI is InChI=1S/C11H12ClNO4S/c1-7-11(14)13-9-6-8(2-3-10(9)17-7)4-5-18(12,15)16/h2-3,6-7H,4-5H2,1H3,(H,13,14). The number of hydrogen-bond donors (Lipinski definition) is 1. The van der Waals surface area contributed by atoms with E-state index in [1.165, 1.54) is 0 Å². The first-order valence-electron chi connectivity index (χ1n) is 5.38. The summed E-state index contributed by atoms with van der Waals surface area (Å²) in [5.74, 6) is 0.225. The first kappa shape index (κ1) is 13.2. The zero-order valence-electron chi connectivity index (χ0n) is 9.64. The second-order valence-corrected chi connectivity index (χ2v) is 6.97. The van der Waals surface area contributed by atoms with Gasteiger partial charge in [0.2, 0.25) is 9.05 Å². The minimum atomic E-state index is -3.51. The summed E-state index contributed by atoms with van der Waals surface area (Å²) in [6, 6.07) is 5.16. The van der Waals surface area contributed by atoms with E-state index in [4.69, 9.17) is 15.4 Å². The third-order valence-corrected chi connectivity index (χ3v) is 3.76. The number of aryl methyl sites for hydroxylation is 1. The number of benzene rings is 1. The van der Waals surface area contributed by atoms with Gasteiger partial charge in [0.1, 0.15) is 5.75 Å². The Bertz CT molecular complexity index is 585. The Kier molecular flexibility index (Phi) is 3.49. The summed E-state index contributed by atoms with van der Waals surface area (Å²) < 4.78 is 27.1. The lowest BCUT2D eigenvalue weighted by atomic mass is 10.1. The van der Waals surface area contributed by atoms with Crippen LogP contribution >= 0.6 is 10.7 Å². The Morgan fingerprint density at radius 1 is 1.44 bits per heavy atom. The van der Waals surface area contributed by atoms with Gasteiger partial charge in [-0.3, -0.25) is 4.79 Å². The van der Waals surface area contributed by atoms with Crippen LogP contribution in [-0.4, -0.2) is 26.2 Å². The van der Waals surface area contributed by atoms with Gasteiger partial charge in [-0.15, -0.1) is 0 Å². The van der Waals surface area contributed by atoms with Crippen LogP contribution in [-0.2, 0) is 20.3 Å². The largest absolute Gasteiger partial charge is 0.479 e. The third-order valence-electron chi connectivity index (χ3n) is 2.61. The molecule has 0 aliphatic carbocycles. The lowest BCUT2D eigenvalue weighted by Gasteiger charge is -2.23. The number of ether oxygens (including phenoxy) is 1. The molecule has 5 nitrogen and oxygen atoms in total. The molecule has 7 heteroatoms. The van der Waals surface area contributed by atoms with Gasteiger partial charge in [0.15, 0.2) is 6.10 Å². The van der Waals surface area contributed by atoms with Crippen LogP contribution in [0.2, 0.25) is 0 Å². The second kappa shape index (κ2) is 4.78. The molecule has 1 aromatic rings. The van der Waals surface area contributed by atoms with E-state index < -0.39 is 15.2 Å². The number of nitrogens with one attached hydrogen (secondary N) is 1. The molecule has 1 heterocycles. The zero-order chi connectivity index (χ0) is 13.3. The van der Waals surface area contributed by atoms with Gasteiger partial charge in [-0.05, 0) is 31.0 Å². The fraction of sp³-hybridized carbons (Fsp3) is 0.364. The first-order valence-corrected chi connectivity index (χ1v) is 7.86. The van der Waals surface area contributed by atoms with Crippen LogP contribution in [0.5, 0.6) is 5.75 Å². The van der Waals surface area contributed by atoms with Crippen molar-refractivity contribution in [1.29, 1.82) is 0 Å². The summed E-state index contributed by atoms with van der Waals surface area (Å²) in [6.45, 7) is 1.66. The van der Waals surface area contributed by atoms with Crippen molar-refractivity contribution in [2.75, 3.05) is 11.1 Å². The fourth-order valence-corrected chi connectivity index (χ4v) is 2.36. The Morgan fingerprint density at radius 3 is 2.83 bits per heavy atom. The highest BCUT2D eigenvalue weighted by Gasteiger charge is 2.23. The molecule has 0 spiro atoms. The molecule has 1 amide bonds. The molecular weight excluding hydrogens is 278 g/mol. The molecule has 1 atom stereocenters. The molecule has 98 valence electrons. The van der Waals surface area contributed by atoms with Crippen molar-refractivity contribution >= 4 is 31.3 Å². The third kappa shape index (κ3) is 3.14. The first-order chi connectivity index (χ1) is 8.35. The van der Waals surface area contributed by atoms with Crippen LogP contribution < -0.4 is 10.1 Å². The molecule has 18 heavy (non-hydrogen) atoms. The number of anilines is 1. The van der Waals surface area contributed by atoms with Gasteiger partial charge in [0, 0.05) is 10.7 Å². The maximum atomic E-state index is 11.4. The van der Waals surface area contributed by atoms with Crippen molar-refractivity contribution in [1.82, 2.24) is 0 Å². The van der Waals surface area contributed by atoms with E-state index >= 15 is 0 Å². The van der Waals surface area contributed by atoms with E-state index in [-0.39, 0.29) is 11.7 Å². The number of halogens is 1. The second-order valence-electron chi connectivity index (χ2n) is 4.07. The van der Waals surface area contributed by atoms with Crippen molar-refractivity contribution in [3.8, 4) is 5.75 Å². The van der Waals surface area contributed by atoms with Crippen molar-refractivity contribution in [2.24, 2.45) is 0 Å². The minimum absolute atomic E-state index is 0.140. The van der Waals surface area contributed by atoms with Gasteiger partial charge >= 0.3 is 0 Å². The molecule has 0 aromatic heterocycles. The molecule has 1 N–H and O–H groups in total. The van der Waals surface area contributed by atoms with Gasteiger partial charge in [0.25, 0.3) is 5.91 Å². The van der Waals surface area contributed by atoms with Crippen LogP contribution in [0.15, 0.2) is 18.2 Å². The average molecular weight is 290 g/mol. The number of amides is 1. The SMILES string of the molecule is CC1Oc2ccc(CCS(=O)(=O)Cl)cc2NC1=O. The van der Waals surface area contributed by atoms with E-state index in [9.17, 15) is 13.2 Å². The number of fused-ring (bicyclic) bond motifs is 1. The maximum absolute atomic E-state index is 11.4. The van der Waals surface area contributed by atoms with Crippen molar-refractivity contribution < 1.29 is 17.9 Å². The molecule has 1 aromatic carbocycles. The topological polar surface area (TPSA) is 72.5 Å². The highest BCUT2D eigenvalue weighted by molar-refractivity contribution is 8.13. The zero-order valence-corrected chi connectivity index (χ0v) is 11.2. The summed E-state index contributed by atoms with van der Waals surface area (Å²) in [5.41, 5.74) is 1.33. The van der Waals surface area contributed by atoms with E-state index in [0.717, 1.165) is 5.56 Å². The fourth-order valence-electron chi connectivity index (χ4n) is 1.65. The van der Waals surface area contributed by atoms with Crippen LogP contribution in [0, 0.1) is 0 Å². The van der Waals surface area contributed by atoms with Crippen LogP contribution in [0.1, 0.15) is 12.5 Å². The molecule has 0 saturated heterocycles. The van der Waals surface area contributed by atoms with Crippen LogP contribution in [0.3, 0.4) is 0 Å². The molecule has 0 radical (unpaired) electrons. The molecule has 1 aliphatic heterocycles. The van der Waals surface area contributed by atoms with Crippen LogP contribution in [0.25, 0.3) is 0 Å². The summed E-state index contributed by atoms with van der Waals surface area (Å²) in [5, 5.41) is 2.70. The number of carbonyl (C=O) groups excluding carboxylic acids is 1. The Hall–Kier alpha value is -1.27. The molecule has 1 unspecified atom stereocenters. The number of carbonyl (C=O) groups is 1. The van der Waals surface area contributed by atoms with Crippen molar-refractivity contribution in [3.63, 3.8) is 0 Å². The highest BCUT2D eigenvalue weighted by atomic mass is 35.7. The van der Waals surface area contributed by atoms with Crippen molar-refractivity contribution in [2.45, 2.75) is 19.4 Å². The Balaban J connectivity index is 2.17. The maximum Gasteiger partial charge on any atom is 0.265 e. The summed E-state index contributed by atoms with van der Waals surface area (Å²) in [6.07, 6.45) is -0.226. The number of hydrogen-bond acceptors (Lipinski definition) is 4. The predicted molar refractivity (Wildman–Crippen MR) is 68.5 cm³/mol. The van der Waals surface area contributed by atoms with Gasteiger partial charge in [-0.25, -0.2) is 8.42 Å². The van der Waals surface area contributed by atoms with Crippen LogP contribution in [0.4, 0.5) is 5.69 Å². The minimum Gasteiger partial charge on any atom is -0.479 e. The Labute approximate surface area is 110 Å². The monoisotopic (exact) mass is 289 g/mol. The summed E-state index contributed by atoms with van der Waals surface area (Å²) >= 11 is 0. The van der Waals surface area contributed by atoms with Gasteiger partial charge in [-0.2, -0.15) is 0 Å². The van der Waals surface area contributed by atoms with E-state index in [1.807, 2.05) is 0 Å². The lowest BCUT2D eigenvalue weighted by Crippen LogP contribution is -2.34. The highest BCUT2D eigenvalue weighted by Crippen LogP contribution is 2.30. The molecular formula is C11H12ClNO4S. The summed E-state index contributed by atoms with van der Waals surface area (Å²) in [4.78, 5) is 11.4. The van der Waals surface area contributed by atoms with Crippen molar-refractivity contribution in [3.05, 3.63) is 23.8 Å². The molecule has 0 saturated carbocycles. The molecule has 2 rings (SSSR count). The van der Waals surface area contributed by atoms with E-state index in [1.54, 1.807) is 25.1 Å². The molecule has 0 fully saturated rings. The van der Waals surface area contributed by atoms with E-state index in [0.29, 0.717) is 17.9 Å². The number of rotatable bonds is 3. The Morgan fingerprint density at radius 2 is 2.17 bits per heavy atom. The lowest BCUT2D eigenvalue weighted by molar-refractivity contribution is -0.122. The quantitative estimate of drug-likeness (QED) is 0.856. The molecule has 1 aliphatic rings. The van der Waals surface area contributed by atoms with E-state index in [2.05, 4.69) is 5.32 Å². The van der Waals surface area contributed by atoms with Gasteiger partial charge < -0.3 is 10.1 Å². The van der Waals surface area contributed by atoms with Gasteiger partial charge in [-0.1, -0.05) is 6.07 Å².